The summed E-state index contributed by atoms with van der Waals surface area (Å²) >= 11 is 0. The van der Waals surface area contributed by atoms with Gasteiger partial charge in [-0.15, -0.1) is 0 Å². The number of fused-ring (bicyclic) bond motifs is 1. The molecule has 1 aromatic carbocycles. The van der Waals surface area contributed by atoms with Crippen molar-refractivity contribution in [1.82, 2.24) is 0 Å². The van der Waals surface area contributed by atoms with E-state index in [4.69, 9.17) is 5.73 Å². The molecular weight excluding hydrogens is 224 g/mol. The number of carbonyl (C=O) groups is 1. The monoisotopic (exact) mass is 244 g/mol. The van der Waals surface area contributed by atoms with Crippen molar-refractivity contribution in [1.29, 1.82) is 0 Å². The van der Waals surface area contributed by atoms with Crippen LogP contribution in [0.5, 0.6) is 0 Å². The number of benzene rings is 1. The lowest BCUT2D eigenvalue weighted by Gasteiger charge is -2.28. The third-order valence-corrected chi connectivity index (χ3v) is 4.73. The van der Waals surface area contributed by atoms with Gasteiger partial charge in [-0.05, 0) is 30.0 Å². The van der Waals surface area contributed by atoms with Gasteiger partial charge in [-0.3, -0.25) is 4.79 Å². The molecule has 0 bridgehead atoms. The first kappa shape index (κ1) is 11.7. The van der Waals surface area contributed by atoms with Crippen LogP contribution < -0.4 is 10.6 Å². The number of carbonyl (C=O) groups excluding carboxylic acids is 1. The minimum Gasteiger partial charge on any atom is -0.330 e. The van der Waals surface area contributed by atoms with Crippen LogP contribution in [-0.2, 0) is 16.6 Å². The third-order valence-electron chi connectivity index (χ3n) is 4.73. The molecule has 1 aromatic rings. The van der Waals surface area contributed by atoms with Gasteiger partial charge in [0.1, 0.15) is 0 Å². The van der Waals surface area contributed by atoms with Crippen LogP contribution in [0.3, 0.4) is 0 Å². The molecule has 3 nitrogen and oxygen atoms in total. The lowest BCUT2D eigenvalue weighted by Crippen LogP contribution is -2.32. The first-order valence-corrected chi connectivity index (χ1v) is 6.76. The predicted octanol–water partition coefficient (Wildman–Crippen LogP) is 1.98. The van der Waals surface area contributed by atoms with Crippen LogP contribution in [0, 0.1) is 0 Å². The normalized spacial score (nSPS) is 21.4. The number of likely N-dealkylation sites (N-methyl/N-ethyl adjacent to an activating group) is 1. The van der Waals surface area contributed by atoms with Gasteiger partial charge in [0.2, 0.25) is 5.91 Å². The summed E-state index contributed by atoms with van der Waals surface area (Å²) in [5.41, 5.74) is 9.73. The average Bonchev–Trinajstić information content (AvgIpc) is 2.97. The Labute approximate surface area is 108 Å². The number of hydrogen-bond acceptors (Lipinski definition) is 2. The second kappa shape index (κ2) is 4.09. The molecule has 0 radical (unpaired) electrons. The first-order chi connectivity index (χ1) is 8.66. The molecule has 2 aliphatic rings. The van der Waals surface area contributed by atoms with Gasteiger partial charge in [0, 0.05) is 24.7 Å². The molecule has 1 heterocycles. The number of nitrogens with two attached hydrogens (primary N) is 1. The quantitative estimate of drug-likeness (QED) is 0.864. The molecule has 96 valence electrons. The fourth-order valence-corrected chi connectivity index (χ4v) is 3.43. The minimum absolute atomic E-state index is 0.154. The molecule has 18 heavy (non-hydrogen) atoms. The fourth-order valence-electron chi connectivity index (χ4n) is 3.43. The van der Waals surface area contributed by atoms with Crippen LogP contribution >= 0.6 is 0 Å². The Morgan fingerprint density at radius 3 is 2.72 bits per heavy atom. The summed E-state index contributed by atoms with van der Waals surface area (Å²) in [6, 6.07) is 6.49. The maximum atomic E-state index is 11.7. The van der Waals surface area contributed by atoms with Crippen molar-refractivity contribution in [2.45, 2.75) is 37.5 Å². The molecule has 1 amide bonds. The molecule has 3 rings (SSSR count). The molecule has 0 saturated heterocycles. The lowest BCUT2D eigenvalue weighted by molar-refractivity contribution is -0.117. The molecule has 1 fully saturated rings. The molecule has 0 atom stereocenters. The van der Waals surface area contributed by atoms with E-state index >= 15 is 0 Å². The summed E-state index contributed by atoms with van der Waals surface area (Å²) in [4.78, 5) is 13.5. The zero-order chi connectivity index (χ0) is 12.8. The van der Waals surface area contributed by atoms with E-state index in [1.54, 1.807) is 4.90 Å². The Hall–Kier alpha value is -1.35. The van der Waals surface area contributed by atoms with Crippen molar-refractivity contribution in [2.75, 3.05) is 18.5 Å². The van der Waals surface area contributed by atoms with E-state index < -0.39 is 0 Å². The van der Waals surface area contributed by atoms with Gasteiger partial charge in [0.25, 0.3) is 0 Å². The molecule has 2 N–H and O–H groups in total. The average molecular weight is 244 g/mol. The molecule has 0 aromatic heterocycles. The van der Waals surface area contributed by atoms with E-state index in [9.17, 15) is 4.79 Å². The summed E-state index contributed by atoms with van der Waals surface area (Å²) in [6.45, 7) is 0.712. The van der Waals surface area contributed by atoms with E-state index in [1.165, 1.54) is 31.2 Å². The van der Waals surface area contributed by atoms with E-state index in [2.05, 4.69) is 18.2 Å². The van der Waals surface area contributed by atoms with Gasteiger partial charge in [-0.25, -0.2) is 0 Å². The summed E-state index contributed by atoms with van der Waals surface area (Å²) in [5.74, 6) is 0.190. The number of nitrogens with zero attached hydrogens (tertiary/aromatic N) is 1. The van der Waals surface area contributed by atoms with Crippen LogP contribution in [0.1, 0.15) is 36.8 Å². The molecule has 0 unspecified atom stereocenters. The number of rotatable bonds is 2. The van der Waals surface area contributed by atoms with Gasteiger partial charge < -0.3 is 10.6 Å². The topological polar surface area (TPSA) is 46.3 Å². The summed E-state index contributed by atoms with van der Waals surface area (Å²) in [5, 5.41) is 0. The summed E-state index contributed by atoms with van der Waals surface area (Å²) in [6.07, 6.45) is 5.44. The van der Waals surface area contributed by atoms with Crippen molar-refractivity contribution in [3.05, 3.63) is 29.3 Å². The number of amides is 1. The van der Waals surface area contributed by atoms with Crippen LogP contribution in [0.15, 0.2) is 18.2 Å². The van der Waals surface area contributed by atoms with Crippen molar-refractivity contribution in [2.24, 2.45) is 5.73 Å². The van der Waals surface area contributed by atoms with Crippen molar-refractivity contribution >= 4 is 11.6 Å². The van der Waals surface area contributed by atoms with Gasteiger partial charge in [0.05, 0.1) is 6.42 Å². The van der Waals surface area contributed by atoms with Gasteiger partial charge in [-0.2, -0.15) is 0 Å². The fraction of sp³-hybridized carbons (Fsp3) is 0.533. The predicted molar refractivity (Wildman–Crippen MR) is 72.8 cm³/mol. The Kier molecular flexibility index (Phi) is 2.67. The van der Waals surface area contributed by atoms with Crippen molar-refractivity contribution in [3.63, 3.8) is 0 Å². The van der Waals surface area contributed by atoms with Crippen LogP contribution in [-0.4, -0.2) is 19.5 Å². The minimum atomic E-state index is 0.154. The van der Waals surface area contributed by atoms with E-state index in [1.807, 2.05) is 7.05 Å². The molecule has 3 heteroatoms. The lowest BCUT2D eigenvalue weighted by atomic mass is 9.78. The second-order valence-electron chi connectivity index (χ2n) is 5.66. The first-order valence-electron chi connectivity index (χ1n) is 6.76. The van der Waals surface area contributed by atoms with Crippen LogP contribution in [0.25, 0.3) is 0 Å². The highest BCUT2D eigenvalue weighted by atomic mass is 16.2. The Balaban J connectivity index is 2.03. The third kappa shape index (κ3) is 1.57. The molecule has 0 spiro atoms. The van der Waals surface area contributed by atoms with E-state index in [0.29, 0.717) is 13.0 Å². The molecular formula is C15H20N2O. The van der Waals surface area contributed by atoms with Gasteiger partial charge in [-0.1, -0.05) is 25.0 Å². The van der Waals surface area contributed by atoms with Crippen LogP contribution in [0.4, 0.5) is 5.69 Å². The highest BCUT2D eigenvalue weighted by Crippen LogP contribution is 2.42. The standard InChI is InChI=1S/C15H20N2O/c1-17-13-9-12(5-4-11(13)8-14(17)18)15(10-16)6-2-3-7-15/h4-5,9H,2-3,6-8,10,16H2,1H3. The highest BCUT2D eigenvalue weighted by molar-refractivity contribution is 6.01. The summed E-state index contributed by atoms with van der Waals surface area (Å²) in [7, 11) is 1.86. The van der Waals surface area contributed by atoms with Gasteiger partial charge >= 0.3 is 0 Å². The SMILES string of the molecule is CN1C(=O)Cc2ccc(C3(CN)CCCC3)cc21. The largest absolute Gasteiger partial charge is 0.330 e. The van der Waals surface area contributed by atoms with Crippen LogP contribution in [0.2, 0.25) is 0 Å². The Morgan fingerprint density at radius 2 is 2.06 bits per heavy atom. The Morgan fingerprint density at radius 1 is 1.33 bits per heavy atom. The molecule has 1 aliphatic heterocycles. The van der Waals surface area contributed by atoms with E-state index in [0.717, 1.165) is 11.3 Å². The zero-order valence-electron chi connectivity index (χ0n) is 10.9. The van der Waals surface area contributed by atoms with E-state index in [-0.39, 0.29) is 11.3 Å². The zero-order valence-corrected chi connectivity index (χ0v) is 10.9. The number of anilines is 1. The highest BCUT2D eigenvalue weighted by Gasteiger charge is 2.35. The summed E-state index contributed by atoms with van der Waals surface area (Å²) < 4.78 is 0. The van der Waals surface area contributed by atoms with Crippen molar-refractivity contribution in [3.8, 4) is 0 Å². The maximum Gasteiger partial charge on any atom is 0.231 e. The Bertz CT molecular complexity index is 489. The number of hydrogen-bond donors (Lipinski definition) is 1. The molecule has 1 saturated carbocycles. The molecule has 1 aliphatic carbocycles. The maximum absolute atomic E-state index is 11.7. The van der Waals surface area contributed by atoms with Gasteiger partial charge in [0.15, 0.2) is 0 Å². The second-order valence-corrected chi connectivity index (χ2v) is 5.66. The smallest absolute Gasteiger partial charge is 0.231 e. The van der Waals surface area contributed by atoms with Crippen molar-refractivity contribution < 1.29 is 4.79 Å².